The predicted molar refractivity (Wildman–Crippen MR) is 68.3 cm³/mol. The van der Waals surface area contributed by atoms with Crippen molar-refractivity contribution in [2.24, 2.45) is 0 Å². The summed E-state index contributed by atoms with van der Waals surface area (Å²) in [5.74, 6) is 0. The molecule has 8 heteroatoms. The van der Waals surface area contributed by atoms with Crippen molar-refractivity contribution < 1.29 is 13.2 Å². The van der Waals surface area contributed by atoms with Gasteiger partial charge in [-0.25, -0.2) is 13.1 Å². The molecule has 1 rings (SSSR count). The summed E-state index contributed by atoms with van der Waals surface area (Å²) >= 11 is 5.56. The highest BCUT2D eigenvalue weighted by molar-refractivity contribution is 7.89. The highest BCUT2D eigenvalue weighted by Crippen LogP contribution is 2.09. The average molecular weight is 295 g/mol. The molecule has 0 saturated carbocycles. The van der Waals surface area contributed by atoms with Gasteiger partial charge in [0.05, 0.1) is 17.6 Å². The van der Waals surface area contributed by atoms with Gasteiger partial charge in [0, 0.05) is 12.7 Å². The van der Waals surface area contributed by atoms with Gasteiger partial charge in [-0.1, -0.05) is 11.6 Å². The maximum absolute atomic E-state index is 11.8. The molecule has 0 amide bonds. The van der Waals surface area contributed by atoms with Crippen molar-refractivity contribution >= 4 is 21.6 Å². The number of H-pyrrole nitrogens is 1. The lowest BCUT2D eigenvalue weighted by Gasteiger charge is -2.09. The molecule has 0 aromatic carbocycles. The van der Waals surface area contributed by atoms with Crippen molar-refractivity contribution in [2.75, 3.05) is 13.2 Å². The van der Waals surface area contributed by atoms with E-state index in [4.69, 9.17) is 16.3 Å². The normalized spacial score (nSPS) is 12.0. The number of hydrogen-bond acceptors (Lipinski definition) is 4. The van der Waals surface area contributed by atoms with Gasteiger partial charge >= 0.3 is 0 Å². The second-order valence-corrected chi connectivity index (χ2v) is 6.00. The van der Waals surface area contributed by atoms with E-state index < -0.39 is 15.6 Å². The van der Waals surface area contributed by atoms with Crippen molar-refractivity contribution in [1.82, 2.24) is 9.71 Å². The van der Waals surface area contributed by atoms with Gasteiger partial charge in [-0.3, -0.25) is 4.79 Å². The fourth-order valence-corrected chi connectivity index (χ4v) is 2.39. The SMILES string of the molecule is CC(C)OCCNS(=O)(=O)c1c[nH]c(=O)c(Cl)c1. The molecule has 0 saturated heterocycles. The van der Waals surface area contributed by atoms with E-state index in [0.29, 0.717) is 0 Å². The first kappa shape index (κ1) is 15.2. The highest BCUT2D eigenvalue weighted by atomic mass is 35.5. The molecular formula is C10H15ClN2O4S. The van der Waals surface area contributed by atoms with Crippen LogP contribution in [0.1, 0.15) is 13.8 Å². The molecule has 0 aliphatic heterocycles. The molecule has 1 heterocycles. The average Bonchev–Trinajstić information content (AvgIpc) is 2.28. The molecule has 2 N–H and O–H groups in total. The minimum Gasteiger partial charge on any atom is -0.377 e. The largest absolute Gasteiger partial charge is 0.377 e. The maximum Gasteiger partial charge on any atom is 0.266 e. The zero-order valence-corrected chi connectivity index (χ0v) is 11.6. The first-order chi connectivity index (χ1) is 8.33. The summed E-state index contributed by atoms with van der Waals surface area (Å²) in [7, 11) is -3.68. The molecular weight excluding hydrogens is 280 g/mol. The lowest BCUT2D eigenvalue weighted by atomic mass is 10.5. The van der Waals surface area contributed by atoms with Crippen LogP contribution in [0, 0.1) is 0 Å². The summed E-state index contributed by atoms with van der Waals surface area (Å²) in [4.78, 5) is 13.2. The summed E-state index contributed by atoms with van der Waals surface area (Å²) < 4.78 is 31.1. The maximum atomic E-state index is 11.8. The van der Waals surface area contributed by atoms with Gasteiger partial charge in [0.15, 0.2) is 0 Å². The lowest BCUT2D eigenvalue weighted by Crippen LogP contribution is -2.28. The van der Waals surface area contributed by atoms with Crippen molar-refractivity contribution in [2.45, 2.75) is 24.8 Å². The van der Waals surface area contributed by atoms with Gasteiger partial charge in [0.1, 0.15) is 5.02 Å². The number of aromatic nitrogens is 1. The van der Waals surface area contributed by atoms with Crippen LogP contribution in [0.15, 0.2) is 22.0 Å². The van der Waals surface area contributed by atoms with Crippen LogP contribution in [0.3, 0.4) is 0 Å². The van der Waals surface area contributed by atoms with Gasteiger partial charge in [-0.2, -0.15) is 0 Å². The van der Waals surface area contributed by atoms with Gasteiger partial charge in [-0.15, -0.1) is 0 Å². The molecule has 0 bridgehead atoms. The third-order valence-electron chi connectivity index (χ3n) is 1.99. The molecule has 1 aromatic rings. The van der Waals surface area contributed by atoms with E-state index in [2.05, 4.69) is 9.71 Å². The Bertz CT molecular complexity index is 553. The van der Waals surface area contributed by atoms with Crippen molar-refractivity contribution in [1.29, 1.82) is 0 Å². The summed E-state index contributed by atoms with van der Waals surface area (Å²) in [5.41, 5.74) is -0.529. The van der Waals surface area contributed by atoms with Crippen LogP contribution in [0.5, 0.6) is 0 Å². The number of hydrogen-bond donors (Lipinski definition) is 2. The first-order valence-electron chi connectivity index (χ1n) is 5.32. The van der Waals surface area contributed by atoms with Crippen molar-refractivity contribution in [3.05, 3.63) is 27.6 Å². The van der Waals surface area contributed by atoms with E-state index in [1.54, 1.807) is 0 Å². The number of halogens is 1. The van der Waals surface area contributed by atoms with Crippen molar-refractivity contribution in [3.8, 4) is 0 Å². The second-order valence-electron chi connectivity index (χ2n) is 3.83. The molecule has 0 radical (unpaired) electrons. The summed E-state index contributed by atoms with van der Waals surface area (Å²) in [5, 5.41) is -0.170. The predicted octanol–water partition coefficient (Wildman–Crippen LogP) is 0.732. The molecule has 102 valence electrons. The van der Waals surface area contributed by atoms with Crippen LogP contribution in [0.25, 0.3) is 0 Å². The highest BCUT2D eigenvalue weighted by Gasteiger charge is 2.14. The fourth-order valence-electron chi connectivity index (χ4n) is 1.15. The molecule has 0 aliphatic carbocycles. The molecule has 0 spiro atoms. The van der Waals surface area contributed by atoms with E-state index in [-0.39, 0.29) is 29.2 Å². The Morgan fingerprint density at radius 1 is 1.50 bits per heavy atom. The number of ether oxygens (including phenoxy) is 1. The molecule has 18 heavy (non-hydrogen) atoms. The van der Waals surface area contributed by atoms with Crippen LogP contribution in [0.2, 0.25) is 5.02 Å². The van der Waals surface area contributed by atoms with Crippen molar-refractivity contribution in [3.63, 3.8) is 0 Å². The zero-order valence-electron chi connectivity index (χ0n) is 10.1. The van der Waals surface area contributed by atoms with Gasteiger partial charge < -0.3 is 9.72 Å². The Kier molecular flexibility index (Phi) is 5.33. The second kappa shape index (κ2) is 6.33. The topological polar surface area (TPSA) is 88.3 Å². The van der Waals surface area contributed by atoms with E-state index in [1.165, 1.54) is 0 Å². The monoisotopic (exact) mass is 294 g/mol. The Labute approximate surface area is 110 Å². The molecule has 6 nitrogen and oxygen atoms in total. The quantitative estimate of drug-likeness (QED) is 0.757. The van der Waals surface area contributed by atoms with Crippen LogP contribution >= 0.6 is 11.6 Å². The summed E-state index contributed by atoms with van der Waals surface area (Å²) in [6, 6.07) is 1.10. The Morgan fingerprint density at radius 3 is 2.72 bits per heavy atom. The van der Waals surface area contributed by atoms with E-state index in [1.807, 2.05) is 13.8 Å². The molecule has 0 atom stereocenters. The minimum absolute atomic E-state index is 0.0389. The van der Waals surface area contributed by atoms with Crippen LogP contribution in [-0.4, -0.2) is 32.7 Å². The van der Waals surface area contributed by atoms with E-state index in [9.17, 15) is 13.2 Å². The lowest BCUT2D eigenvalue weighted by molar-refractivity contribution is 0.0834. The number of pyridine rings is 1. The van der Waals surface area contributed by atoms with Crippen LogP contribution in [-0.2, 0) is 14.8 Å². The number of rotatable bonds is 6. The number of nitrogens with one attached hydrogen (secondary N) is 2. The Hall–Kier alpha value is -0.890. The fraction of sp³-hybridized carbons (Fsp3) is 0.500. The number of aromatic amines is 1. The van der Waals surface area contributed by atoms with Gasteiger partial charge in [-0.05, 0) is 19.9 Å². The summed E-state index contributed by atoms with van der Waals surface area (Å²) in [6.07, 6.45) is 1.14. The Morgan fingerprint density at radius 2 is 2.17 bits per heavy atom. The smallest absolute Gasteiger partial charge is 0.266 e. The molecule has 1 aromatic heterocycles. The third-order valence-corrected chi connectivity index (χ3v) is 3.71. The zero-order chi connectivity index (χ0) is 13.8. The van der Waals surface area contributed by atoms with Gasteiger partial charge in [0.2, 0.25) is 10.0 Å². The Balaban J connectivity index is 2.68. The minimum atomic E-state index is -3.68. The number of sulfonamides is 1. The standard InChI is InChI=1S/C10H15ClN2O4S/c1-7(2)17-4-3-13-18(15,16)8-5-9(11)10(14)12-6-8/h5-7,13H,3-4H2,1-2H3,(H,12,14). The molecule has 0 fully saturated rings. The third kappa shape index (κ3) is 4.41. The summed E-state index contributed by atoms with van der Waals surface area (Å²) in [6.45, 7) is 4.14. The molecule has 0 unspecified atom stereocenters. The van der Waals surface area contributed by atoms with Gasteiger partial charge in [0.25, 0.3) is 5.56 Å². The van der Waals surface area contributed by atoms with E-state index >= 15 is 0 Å². The van der Waals surface area contributed by atoms with Crippen LogP contribution < -0.4 is 10.3 Å². The molecule has 0 aliphatic rings. The first-order valence-corrected chi connectivity index (χ1v) is 7.18. The van der Waals surface area contributed by atoms with E-state index in [0.717, 1.165) is 12.3 Å². The van der Waals surface area contributed by atoms with Crippen LogP contribution in [0.4, 0.5) is 0 Å².